The quantitative estimate of drug-likeness (QED) is 0.490. The van der Waals surface area contributed by atoms with Gasteiger partial charge in [-0.3, -0.25) is 9.30 Å². The van der Waals surface area contributed by atoms with Crippen LogP contribution in [0.4, 0.5) is 0 Å². The van der Waals surface area contributed by atoms with Crippen molar-refractivity contribution in [2.45, 2.75) is 51.7 Å². The van der Waals surface area contributed by atoms with E-state index in [0.717, 1.165) is 35.1 Å². The number of benzene rings is 1. The maximum absolute atomic E-state index is 6.21. The highest BCUT2D eigenvalue weighted by molar-refractivity contribution is 6.30. The van der Waals surface area contributed by atoms with E-state index < -0.39 is 0 Å². The molecule has 2 aliphatic heterocycles. The van der Waals surface area contributed by atoms with Gasteiger partial charge in [0.15, 0.2) is 5.65 Å². The van der Waals surface area contributed by atoms with Crippen molar-refractivity contribution in [3.63, 3.8) is 0 Å². The Balaban J connectivity index is 1.63. The first kappa shape index (κ1) is 21.4. The van der Waals surface area contributed by atoms with Gasteiger partial charge in [-0.1, -0.05) is 42.0 Å². The molecule has 0 saturated carbocycles. The van der Waals surface area contributed by atoms with E-state index in [-0.39, 0.29) is 17.6 Å². The van der Waals surface area contributed by atoms with Gasteiger partial charge in [0.2, 0.25) is 0 Å². The van der Waals surface area contributed by atoms with Gasteiger partial charge in [0, 0.05) is 16.8 Å². The van der Waals surface area contributed by atoms with Crippen LogP contribution in [0.25, 0.3) is 5.65 Å². The van der Waals surface area contributed by atoms with Crippen LogP contribution in [-0.2, 0) is 10.3 Å². The molecular formula is C26H29ClN4O. The van der Waals surface area contributed by atoms with Gasteiger partial charge < -0.3 is 4.74 Å². The van der Waals surface area contributed by atoms with E-state index in [1.807, 2.05) is 19.1 Å². The Labute approximate surface area is 194 Å². The Hall–Kier alpha value is -2.47. The zero-order valence-electron chi connectivity index (χ0n) is 19.0. The Bertz CT molecular complexity index is 1210. The molecule has 0 saturated heterocycles. The van der Waals surface area contributed by atoms with Crippen molar-refractivity contribution in [1.82, 2.24) is 19.5 Å². The second-order valence-corrected chi connectivity index (χ2v) is 9.69. The van der Waals surface area contributed by atoms with E-state index in [1.165, 1.54) is 16.7 Å². The van der Waals surface area contributed by atoms with Crippen LogP contribution in [0.3, 0.4) is 0 Å². The number of fused-ring (bicyclic) bond motifs is 1. The number of pyridine rings is 1. The molecule has 0 radical (unpaired) electrons. The summed E-state index contributed by atoms with van der Waals surface area (Å²) in [6, 6.07) is 10.8. The van der Waals surface area contributed by atoms with Crippen LogP contribution < -0.4 is 0 Å². The lowest BCUT2D eigenvalue weighted by molar-refractivity contribution is 0.0751. The van der Waals surface area contributed by atoms with Gasteiger partial charge in [-0.2, -0.15) is 0 Å². The molecule has 0 bridgehead atoms. The number of hydrogen-bond donors (Lipinski definition) is 0. The van der Waals surface area contributed by atoms with Crippen molar-refractivity contribution in [3.05, 3.63) is 87.9 Å². The minimum atomic E-state index is -0.229. The fraction of sp³-hybridized carbons (Fsp3) is 0.385. The standard InChI is InChI=1S/C26H29ClN4O/c1-17-15-20(16-30-18(2)28-29-25(17)30)24-10-9-23(19-11-13-32-14-12-19)31(24)26(3,4)21-5-7-22(27)8-6-21/h5-11,15-16,23-24H,12-14H2,1-4H3. The minimum Gasteiger partial charge on any atom is -0.377 e. The largest absolute Gasteiger partial charge is 0.377 e. The van der Waals surface area contributed by atoms with Gasteiger partial charge in [-0.05, 0) is 74.6 Å². The molecule has 0 amide bonds. The second-order valence-electron chi connectivity index (χ2n) is 9.25. The predicted octanol–water partition coefficient (Wildman–Crippen LogP) is 5.56. The molecule has 0 aliphatic carbocycles. The first-order valence-corrected chi connectivity index (χ1v) is 11.6. The van der Waals surface area contributed by atoms with E-state index in [9.17, 15) is 0 Å². The molecule has 2 aliphatic rings. The smallest absolute Gasteiger partial charge is 0.163 e. The van der Waals surface area contributed by atoms with Crippen LogP contribution in [0.15, 0.2) is 60.3 Å². The van der Waals surface area contributed by atoms with Crippen LogP contribution in [-0.4, -0.2) is 38.8 Å². The zero-order valence-corrected chi connectivity index (χ0v) is 19.8. The molecule has 2 unspecified atom stereocenters. The molecule has 2 aromatic heterocycles. The molecule has 32 heavy (non-hydrogen) atoms. The summed E-state index contributed by atoms with van der Waals surface area (Å²) in [5.74, 6) is 0.902. The second kappa shape index (κ2) is 8.14. The van der Waals surface area contributed by atoms with Gasteiger partial charge in [0.1, 0.15) is 5.82 Å². The topological polar surface area (TPSA) is 42.7 Å². The summed E-state index contributed by atoms with van der Waals surface area (Å²) in [6.45, 7) is 10.2. The molecule has 5 rings (SSSR count). The number of hydrogen-bond acceptors (Lipinski definition) is 4. The van der Waals surface area contributed by atoms with Gasteiger partial charge in [0.05, 0.1) is 25.3 Å². The van der Waals surface area contributed by atoms with Gasteiger partial charge in [-0.15, -0.1) is 10.2 Å². The van der Waals surface area contributed by atoms with E-state index in [2.05, 4.69) is 82.9 Å². The monoisotopic (exact) mass is 448 g/mol. The number of halogens is 1. The van der Waals surface area contributed by atoms with Crippen LogP contribution in [0.1, 0.15) is 48.8 Å². The van der Waals surface area contributed by atoms with E-state index in [1.54, 1.807) is 0 Å². The van der Waals surface area contributed by atoms with Crippen LogP contribution in [0.2, 0.25) is 5.02 Å². The summed E-state index contributed by atoms with van der Waals surface area (Å²) in [5.41, 5.74) is 5.73. The zero-order chi connectivity index (χ0) is 22.5. The summed E-state index contributed by atoms with van der Waals surface area (Å²) in [6.07, 6.45) is 10.1. The lowest BCUT2D eigenvalue weighted by Gasteiger charge is -2.45. The summed E-state index contributed by atoms with van der Waals surface area (Å²) < 4.78 is 7.71. The van der Waals surface area contributed by atoms with Crippen molar-refractivity contribution in [3.8, 4) is 0 Å². The van der Waals surface area contributed by atoms with Crippen LogP contribution in [0, 0.1) is 13.8 Å². The van der Waals surface area contributed by atoms with Crippen molar-refractivity contribution in [2.24, 2.45) is 0 Å². The predicted molar refractivity (Wildman–Crippen MR) is 128 cm³/mol. The normalized spacial score (nSPS) is 22.0. The first-order valence-electron chi connectivity index (χ1n) is 11.2. The van der Waals surface area contributed by atoms with Crippen molar-refractivity contribution in [1.29, 1.82) is 0 Å². The first-order chi connectivity index (χ1) is 15.4. The maximum atomic E-state index is 6.21. The van der Waals surface area contributed by atoms with Crippen LogP contribution >= 0.6 is 11.6 Å². The molecular weight excluding hydrogens is 420 g/mol. The van der Waals surface area contributed by atoms with Gasteiger partial charge in [-0.25, -0.2) is 0 Å². The average Bonchev–Trinajstić information content (AvgIpc) is 3.40. The lowest BCUT2D eigenvalue weighted by Crippen LogP contribution is -2.47. The number of ether oxygens (including phenoxy) is 1. The molecule has 0 fully saturated rings. The van der Waals surface area contributed by atoms with Gasteiger partial charge >= 0.3 is 0 Å². The number of rotatable bonds is 4. The summed E-state index contributed by atoms with van der Waals surface area (Å²) in [7, 11) is 0. The Morgan fingerprint density at radius 3 is 2.53 bits per heavy atom. The molecule has 2 atom stereocenters. The SMILES string of the molecule is Cc1cc(C2C=CC(C3=CCOCC3)N2C(C)(C)c2ccc(Cl)cc2)cn2c(C)nnc12. The van der Waals surface area contributed by atoms with E-state index in [4.69, 9.17) is 16.3 Å². The molecule has 5 nitrogen and oxygen atoms in total. The Morgan fingerprint density at radius 2 is 1.81 bits per heavy atom. The number of nitrogens with zero attached hydrogens (tertiary/aromatic N) is 4. The minimum absolute atomic E-state index is 0.124. The third-order valence-corrected chi connectivity index (χ3v) is 7.12. The van der Waals surface area contributed by atoms with Crippen molar-refractivity contribution in [2.75, 3.05) is 13.2 Å². The average molecular weight is 449 g/mol. The summed E-state index contributed by atoms with van der Waals surface area (Å²) >= 11 is 6.21. The number of aryl methyl sites for hydroxylation is 2. The van der Waals surface area contributed by atoms with Gasteiger partial charge in [0.25, 0.3) is 0 Å². The molecule has 1 aromatic carbocycles. The molecule has 166 valence electrons. The molecule has 0 spiro atoms. The van der Waals surface area contributed by atoms with Crippen molar-refractivity contribution >= 4 is 17.2 Å². The van der Waals surface area contributed by atoms with Crippen molar-refractivity contribution < 1.29 is 4.74 Å². The fourth-order valence-electron chi connectivity index (χ4n) is 5.11. The highest BCUT2D eigenvalue weighted by atomic mass is 35.5. The Kier molecular flexibility index (Phi) is 5.44. The Morgan fingerprint density at radius 1 is 1.06 bits per heavy atom. The third-order valence-electron chi connectivity index (χ3n) is 6.87. The highest BCUT2D eigenvalue weighted by Crippen LogP contribution is 2.44. The fourth-order valence-corrected chi connectivity index (χ4v) is 5.24. The summed E-state index contributed by atoms with van der Waals surface area (Å²) in [4.78, 5) is 2.62. The highest BCUT2D eigenvalue weighted by Gasteiger charge is 2.42. The third kappa shape index (κ3) is 3.58. The molecule has 4 heterocycles. The number of aromatic nitrogens is 3. The molecule has 3 aromatic rings. The lowest BCUT2D eigenvalue weighted by atomic mass is 9.87. The molecule has 6 heteroatoms. The maximum Gasteiger partial charge on any atom is 0.163 e. The van der Waals surface area contributed by atoms with E-state index >= 15 is 0 Å². The van der Waals surface area contributed by atoms with E-state index in [0.29, 0.717) is 6.61 Å². The molecule has 0 N–H and O–H groups in total. The summed E-state index contributed by atoms with van der Waals surface area (Å²) in [5, 5.41) is 9.38. The van der Waals surface area contributed by atoms with Crippen LogP contribution in [0.5, 0.6) is 0 Å².